The first-order valence-electron chi connectivity index (χ1n) is 0.605. The molecule has 0 saturated heterocycles. The summed E-state index contributed by atoms with van der Waals surface area (Å²) in [5, 5.41) is 0. The summed E-state index contributed by atoms with van der Waals surface area (Å²) in [5.74, 6) is 0. The molecule has 44 valence electrons. The van der Waals surface area contributed by atoms with Crippen molar-refractivity contribution in [3.05, 3.63) is 7.43 Å². The Hall–Kier alpha value is 0.253. The Labute approximate surface area is 58.0 Å². The van der Waals surface area contributed by atoms with E-state index in [1.165, 1.54) is 0 Å². The number of hydrogen-bond donors (Lipinski definition) is 0. The number of rotatable bonds is 0. The average Bonchev–Trinajstić information content (AvgIpc) is 1.81. The Morgan fingerprint density at radius 2 is 1.00 bits per heavy atom. The molecule has 0 aromatic heterocycles. The van der Waals surface area contributed by atoms with Gasteiger partial charge in [0.2, 0.25) is 0 Å². The fourth-order valence-corrected chi connectivity index (χ4v) is 0. The van der Waals surface area contributed by atoms with Crippen LogP contribution in [0.1, 0.15) is 0 Å². The molecule has 0 radical (unpaired) electrons. The fraction of sp³-hybridized carbons (Fsp3) is 0. The van der Waals surface area contributed by atoms with Gasteiger partial charge in [0.05, 0.1) is 0 Å². The van der Waals surface area contributed by atoms with Crippen LogP contribution in [0, 0.1) is 7.43 Å². The van der Waals surface area contributed by atoms with Crippen molar-refractivity contribution in [1.82, 2.24) is 0 Å². The molecule has 0 amide bonds. The van der Waals surface area contributed by atoms with E-state index in [-0.39, 0.29) is 7.43 Å². The Morgan fingerprint density at radius 1 is 1.00 bits per heavy atom. The van der Waals surface area contributed by atoms with Crippen molar-refractivity contribution in [1.29, 1.82) is 0 Å². The van der Waals surface area contributed by atoms with Crippen molar-refractivity contribution in [2.24, 2.45) is 0 Å². The van der Waals surface area contributed by atoms with Gasteiger partial charge in [0, 0.05) is 0 Å². The van der Waals surface area contributed by atoms with Gasteiger partial charge in [0.15, 0.2) is 0 Å². The SMILES string of the molecule is [CH-]=O.[CH-]=O.[CH3-].[Cl][Ru+3]. The molecule has 0 bridgehead atoms. The van der Waals surface area contributed by atoms with Crippen molar-refractivity contribution in [3.8, 4) is 0 Å². The molecule has 0 aliphatic rings. The van der Waals surface area contributed by atoms with Gasteiger partial charge in [-0.3, -0.25) is 13.6 Å². The van der Waals surface area contributed by atoms with E-state index < -0.39 is 0 Å². The van der Waals surface area contributed by atoms with Crippen molar-refractivity contribution in [2.45, 2.75) is 0 Å². The first-order valence-corrected chi connectivity index (χ1v) is 2.84. The predicted molar refractivity (Wildman–Crippen MR) is 25.8 cm³/mol. The van der Waals surface area contributed by atoms with E-state index in [4.69, 9.17) is 9.59 Å². The van der Waals surface area contributed by atoms with E-state index in [2.05, 4.69) is 23.3 Å². The molecule has 0 unspecified atom stereocenters. The van der Waals surface area contributed by atoms with Gasteiger partial charge in [-0.15, -0.1) is 0 Å². The van der Waals surface area contributed by atoms with Crippen LogP contribution in [0.25, 0.3) is 0 Å². The van der Waals surface area contributed by atoms with Crippen LogP contribution in [0.5, 0.6) is 0 Å². The van der Waals surface area contributed by atoms with Crippen LogP contribution in [-0.2, 0) is 26.9 Å². The van der Waals surface area contributed by atoms with Crippen molar-refractivity contribution in [2.75, 3.05) is 0 Å². The fourth-order valence-electron chi connectivity index (χ4n) is 0. The van der Waals surface area contributed by atoms with Gasteiger partial charge in [0.25, 0.3) is 0 Å². The van der Waals surface area contributed by atoms with Crippen molar-refractivity contribution in [3.63, 3.8) is 0 Å². The van der Waals surface area contributed by atoms with Gasteiger partial charge >= 0.3 is 27.0 Å². The Bertz CT molecular complexity index is 14.9. The van der Waals surface area contributed by atoms with Crippen LogP contribution < -0.4 is 0 Å². The Balaban J connectivity index is -0.00000000900. The molecule has 0 N–H and O–H groups in total. The summed E-state index contributed by atoms with van der Waals surface area (Å²) in [5.41, 5.74) is 0. The molecule has 0 saturated carbocycles. The maximum absolute atomic E-state index is 7.75. The summed E-state index contributed by atoms with van der Waals surface area (Å²) >= 11 is 1.82. The molecular weight excluding hydrogens is 205 g/mol. The normalized spacial score (nSPS) is 1.86. The quantitative estimate of drug-likeness (QED) is 0.332. The van der Waals surface area contributed by atoms with Gasteiger partial charge in [-0.1, -0.05) is 0 Å². The average molecular weight is 210 g/mol. The van der Waals surface area contributed by atoms with Gasteiger partial charge in [-0.25, -0.2) is 0 Å². The zero-order valence-corrected chi connectivity index (χ0v) is 6.20. The Kier molecular flexibility index (Phi) is 10300. The van der Waals surface area contributed by atoms with Crippen molar-refractivity contribution < 1.29 is 26.9 Å². The molecule has 7 heavy (non-hydrogen) atoms. The molecule has 0 heterocycles. The molecule has 0 aliphatic carbocycles. The number of halogens is 1. The maximum atomic E-state index is 7.75. The summed E-state index contributed by atoms with van der Waals surface area (Å²) in [6.07, 6.45) is 0. The number of carbonyl (C=O) groups excluding carboxylic acids is 2. The van der Waals surface area contributed by atoms with Gasteiger partial charge < -0.3 is 17.0 Å². The molecular formula is C3H5ClO2Ru. The molecule has 0 fully saturated rings. The molecule has 0 spiro atoms. The van der Waals surface area contributed by atoms with Crippen LogP contribution in [0.4, 0.5) is 0 Å². The zero-order chi connectivity index (χ0) is 6.00. The van der Waals surface area contributed by atoms with Gasteiger partial charge in [-0.05, 0) is 0 Å². The first-order chi connectivity index (χ1) is 3.00. The van der Waals surface area contributed by atoms with Crippen molar-refractivity contribution >= 4 is 23.3 Å². The molecule has 0 aromatic rings. The van der Waals surface area contributed by atoms with E-state index in [1.54, 1.807) is 0 Å². The molecule has 2 nitrogen and oxygen atoms in total. The zero-order valence-electron chi connectivity index (χ0n) is 3.70. The molecule has 0 atom stereocenters. The third-order valence-electron chi connectivity index (χ3n) is 0. The van der Waals surface area contributed by atoms with E-state index >= 15 is 0 Å². The monoisotopic (exact) mass is 210 g/mol. The van der Waals surface area contributed by atoms with Crippen LogP contribution >= 0.6 is 9.69 Å². The molecule has 0 aromatic carbocycles. The van der Waals surface area contributed by atoms with Crippen LogP contribution in [0.15, 0.2) is 0 Å². The second kappa shape index (κ2) is 2690. The summed E-state index contributed by atoms with van der Waals surface area (Å²) in [6, 6.07) is 0. The predicted octanol–water partition coefficient (Wildman–Crippen LogP) is 0.589. The standard InChI is InChI=1S/2CHO.CH3.ClH.Ru/c2*1-2;;;/h2*1H;1H3;1H;/q3*-1;;+4/p-1. The molecule has 0 rings (SSSR count). The summed E-state index contributed by atoms with van der Waals surface area (Å²) < 4.78 is 0. The van der Waals surface area contributed by atoms with E-state index in [1.807, 2.05) is 17.3 Å². The second-order valence-electron chi connectivity index (χ2n) is 0. The third-order valence-corrected chi connectivity index (χ3v) is 0. The van der Waals surface area contributed by atoms with E-state index in [9.17, 15) is 0 Å². The second-order valence-corrected chi connectivity index (χ2v) is 0. The Morgan fingerprint density at radius 3 is 1.00 bits per heavy atom. The minimum atomic E-state index is 0. The summed E-state index contributed by atoms with van der Waals surface area (Å²) in [6.45, 7) is 6.50. The van der Waals surface area contributed by atoms with E-state index in [0.29, 0.717) is 0 Å². The number of hydrogen-bond acceptors (Lipinski definition) is 2. The van der Waals surface area contributed by atoms with Crippen LogP contribution in [-0.4, -0.2) is 13.6 Å². The summed E-state index contributed by atoms with van der Waals surface area (Å²) in [4.78, 5) is 15.5. The first kappa shape index (κ1) is 26.8. The minimum absolute atomic E-state index is 0. The molecule has 4 heteroatoms. The van der Waals surface area contributed by atoms with Gasteiger partial charge in [0.1, 0.15) is 0 Å². The van der Waals surface area contributed by atoms with Gasteiger partial charge in [-0.2, -0.15) is 0 Å². The van der Waals surface area contributed by atoms with E-state index in [0.717, 1.165) is 0 Å². The van der Waals surface area contributed by atoms with Crippen LogP contribution in [0.2, 0.25) is 0 Å². The summed E-state index contributed by atoms with van der Waals surface area (Å²) in [7, 11) is 4.57. The topological polar surface area (TPSA) is 34.1 Å². The molecule has 0 aliphatic heterocycles. The van der Waals surface area contributed by atoms with Crippen LogP contribution in [0.3, 0.4) is 0 Å². The third kappa shape index (κ3) is 1760.